The zero-order valence-electron chi connectivity index (χ0n) is 10.9. The first kappa shape index (κ1) is 15.0. The van der Waals surface area contributed by atoms with E-state index in [0.29, 0.717) is 0 Å². The van der Waals surface area contributed by atoms with E-state index in [9.17, 15) is 19.7 Å². The molecule has 0 heterocycles. The molecule has 0 radical (unpaired) electrons. The molecule has 0 saturated carbocycles. The minimum absolute atomic E-state index is 0.0271. The van der Waals surface area contributed by atoms with Crippen molar-refractivity contribution in [3.63, 3.8) is 0 Å². The van der Waals surface area contributed by atoms with Crippen molar-refractivity contribution in [2.75, 3.05) is 0 Å². The molecule has 0 atom stereocenters. The lowest BCUT2D eigenvalue weighted by Crippen LogP contribution is -2.09. The first-order valence-corrected chi connectivity index (χ1v) is 5.92. The summed E-state index contributed by atoms with van der Waals surface area (Å²) in [5.41, 5.74) is -1.19. The summed E-state index contributed by atoms with van der Waals surface area (Å²) in [7, 11) is 0. The van der Waals surface area contributed by atoms with E-state index in [1.54, 1.807) is 0 Å². The molecule has 8 nitrogen and oxygen atoms in total. The Morgan fingerprint density at radius 2 is 1.73 bits per heavy atom. The number of nitro groups is 1. The highest BCUT2D eigenvalue weighted by Gasteiger charge is 2.21. The summed E-state index contributed by atoms with van der Waals surface area (Å²) < 4.78 is 5.30. The third-order valence-corrected chi connectivity index (χ3v) is 2.73. The molecule has 2 aromatic rings. The number of rotatable bonds is 5. The second-order valence-corrected chi connectivity index (χ2v) is 4.15. The Bertz CT molecular complexity index is 770. The van der Waals surface area contributed by atoms with E-state index in [2.05, 4.69) is 0 Å². The van der Waals surface area contributed by atoms with Crippen molar-refractivity contribution >= 4 is 17.6 Å². The average molecular weight is 303 g/mol. The largest absolute Gasteiger partial charge is 0.478 e. The van der Waals surface area contributed by atoms with Crippen LogP contribution in [0.3, 0.4) is 0 Å². The highest BCUT2D eigenvalue weighted by molar-refractivity contribution is 6.03. The molecule has 0 saturated heterocycles. The second-order valence-electron chi connectivity index (χ2n) is 4.15. The van der Waals surface area contributed by atoms with E-state index in [1.807, 2.05) is 0 Å². The summed E-state index contributed by atoms with van der Waals surface area (Å²) in [5, 5.41) is 28.9. The Hall–Kier alpha value is -3.42. The van der Waals surface area contributed by atoms with Crippen LogP contribution >= 0.6 is 0 Å². The van der Waals surface area contributed by atoms with Crippen molar-refractivity contribution in [2.24, 2.45) is 0 Å². The Kier molecular flexibility index (Phi) is 4.03. The van der Waals surface area contributed by atoms with Gasteiger partial charge in [0, 0.05) is 6.07 Å². The number of nitrogens with zero attached hydrogens (tertiary/aromatic N) is 1. The smallest absolute Gasteiger partial charge is 0.340 e. The SMILES string of the molecule is O=C(O)c1cccc(Oc2cccc([N+](=O)[O-])c2)c1C(=O)O. The third-order valence-electron chi connectivity index (χ3n) is 2.73. The second kappa shape index (κ2) is 5.92. The highest BCUT2D eigenvalue weighted by Crippen LogP contribution is 2.29. The molecule has 8 heteroatoms. The Balaban J connectivity index is 2.48. The van der Waals surface area contributed by atoms with Crippen molar-refractivity contribution in [1.82, 2.24) is 0 Å². The summed E-state index contributed by atoms with van der Waals surface area (Å²) in [5.74, 6) is -3.08. The Labute approximate surface area is 123 Å². The molecule has 2 aromatic carbocycles. The van der Waals surface area contributed by atoms with E-state index in [1.165, 1.54) is 30.3 Å². The van der Waals surface area contributed by atoms with E-state index in [0.717, 1.165) is 12.1 Å². The maximum absolute atomic E-state index is 11.3. The van der Waals surface area contributed by atoms with Crippen LogP contribution in [0, 0.1) is 10.1 Å². The zero-order valence-corrected chi connectivity index (χ0v) is 10.9. The molecule has 0 bridgehead atoms. The van der Waals surface area contributed by atoms with Crippen LogP contribution in [-0.2, 0) is 0 Å². The average Bonchev–Trinajstić information content (AvgIpc) is 2.46. The molecule has 0 unspecified atom stereocenters. The van der Waals surface area contributed by atoms with Crippen LogP contribution in [0.2, 0.25) is 0 Å². The van der Waals surface area contributed by atoms with Crippen LogP contribution in [0.25, 0.3) is 0 Å². The topological polar surface area (TPSA) is 127 Å². The van der Waals surface area contributed by atoms with Crippen molar-refractivity contribution in [2.45, 2.75) is 0 Å². The molecule has 2 rings (SSSR count). The quantitative estimate of drug-likeness (QED) is 0.642. The summed E-state index contributed by atoms with van der Waals surface area (Å²) in [6, 6.07) is 8.85. The number of benzene rings is 2. The summed E-state index contributed by atoms with van der Waals surface area (Å²) in [4.78, 5) is 32.4. The molecular weight excluding hydrogens is 294 g/mol. The van der Waals surface area contributed by atoms with Gasteiger partial charge < -0.3 is 14.9 Å². The van der Waals surface area contributed by atoms with Crippen molar-refractivity contribution in [3.8, 4) is 11.5 Å². The fourth-order valence-electron chi connectivity index (χ4n) is 1.80. The van der Waals surface area contributed by atoms with E-state index in [-0.39, 0.29) is 17.2 Å². The van der Waals surface area contributed by atoms with Gasteiger partial charge in [0.25, 0.3) is 5.69 Å². The summed E-state index contributed by atoms with van der Waals surface area (Å²) in [6.45, 7) is 0. The lowest BCUT2D eigenvalue weighted by molar-refractivity contribution is -0.384. The van der Waals surface area contributed by atoms with Gasteiger partial charge in [-0.15, -0.1) is 0 Å². The van der Waals surface area contributed by atoms with E-state index in [4.69, 9.17) is 14.9 Å². The van der Waals surface area contributed by atoms with Crippen LogP contribution in [0.15, 0.2) is 42.5 Å². The number of aromatic carboxylic acids is 2. The molecule has 2 N–H and O–H groups in total. The standard InChI is InChI=1S/C14H9NO7/c16-13(17)10-5-2-6-11(12(10)14(18)19)22-9-4-1-3-8(7-9)15(20)21/h1-7H,(H,16,17)(H,18,19). The molecular formula is C14H9NO7. The molecule has 0 aliphatic carbocycles. The zero-order chi connectivity index (χ0) is 16.3. The number of hydrogen-bond acceptors (Lipinski definition) is 5. The predicted octanol–water partition coefficient (Wildman–Crippen LogP) is 2.78. The molecule has 0 aromatic heterocycles. The lowest BCUT2D eigenvalue weighted by Gasteiger charge is -2.10. The van der Waals surface area contributed by atoms with Crippen LogP contribution < -0.4 is 4.74 Å². The maximum Gasteiger partial charge on any atom is 0.340 e. The van der Waals surface area contributed by atoms with Crippen LogP contribution in [0.4, 0.5) is 5.69 Å². The number of ether oxygens (including phenoxy) is 1. The first-order chi connectivity index (χ1) is 10.4. The van der Waals surface area contributed by atoms with Gasteiger partial charge in [0.15, 0.2) is 0 Å². The molecule has 0 spiro atoms. The monoisotopic (exact) mass is 303 g/mol. The van der Waals surface area contributed by atoms with Gasteiger partial charge in [0.2, 0.25) is 0 Å². The lowest BCUT2D eigenvalue weighted by atomic mass is 10.1. The normalized spacial score (nSPS) is 10.0. The van der Waals surface area contributed by atoms with Gasteiger partial charge in [-0.25, -0.2) is 9.59 Å². The van der Waals surface area contributed by atoms with Crippen LogP contribution in [0.5, 0.6) is 11.5 Å². The van der Waals surface area contributed by atoms with Gasteiger partial charge in [-0.1, -0.05) is 12.1 Å². The molecule has 0 aliphatic rings. The first-order valence-electron chi connectivity index (χ1n) is 5.92. The van der Waals surface area contributed by atoms with Gasteiger partial charge in [-0.2, -0.15) is 0 Å². The van der Waals surface area contributed by atoms with Gasteiger partial charge in [0.05, 0.1) is 16.6 Å². The number of nitro benzene ring substituents is 1. The number of non-ortho nitro benzene ring substituents is 1. The summed E-state index contributed by atoms with van der Waals surface area (Å²) in [6.07, 6.45) is 0. The van der Waals surface area contributed by atoms with E-state index < -0.39 is 28.0 Å². The number of carboxylic acid groups (broad SMARTS) is 2. The number of hydrogen-bond donors (Lipinski definition) is 2. The van der Waals surface area contributed by atoms with Crippen molar-refractivity contribution < 1.29 is 29.5 Å². The fraction of sp³-hybridized carbons (Fsp3) is 0. The molecule has 112 valence electrons. The van der Waals surface area contributed by atoms with Gasteiger partial charge in [-0.3, -0.25) is 10.1 Å². The van der Waals surface area contributed by atoms with Gasteiger partial charge in [0.1, 0.15) is 17.1 Å². The molecule has 22 heavy (non-hydrogen) atoms. The highest BCUT2D eigenvalue weighted by atomic mass is 16.6. The predicted molar refractivity (Wildman–Crippen MR) is 73.5 cm³/mol. The van der Waals surface area contributed by atoms with Crippen LogP contribution in [0.1, 0.15) is 20.7 Å². The Morgan fingerprint density at radius 1 is 1.05 bits per heavy atom. The van der Waals surface area contributed by atoms with Crippen molar-refractivity contribution in [1.29, 1.82) is 0 Å². The fourth-order valence-corrected chi connectivity index (χ4v) is 1.80. The summed E-state index contributed by atoms with van der Waals surface area (Å²) >= 11 is 0. The number of carbonyl (C=O) groups is 2. The minimum Gasteiger partial charge on any atom is -0.478 e. The van der Waals surface area contributed by atoms with E-state index >= 15 is 0 Å². The molecule has 0 aliphatic heterocycles. The molecule has 0 amide bonds. The number of carboxylic acids is 2. The minimum atomic E-state index is -1.47. The third kappa shape index (κ3) is 3.01. The van der Waals surface area contributed by atoms with Gasteiger partial charge in [-0.05, 0) is 18.2 Å². The Morgan fingerprint density at radius 3 is 2.32 bits per heavy atom. The van der Waals surface area contributed by atoms with Gasteiger partial charge >= 0.3 is 11.9 Å². The van der Waals surface area contributed by atoms with Crippen LogP contribution in [-0.4, -0.2) is 27.1 Å². The molecule has 0 fully saturated rings. The maximum atomic E-state index is 11.3. The van der Waals surface area contributed by atoms with Crippen molar-refractivity contribution in [3.05, 3.63) is 63.7 Å².